The van der Waals surface area contributed by atoms with Crippen molar-refractivity contribution in [2.45, 2.75) is 6.54 Å². The van der Waals surface area contributed by atoms with Crippen LogP contribution in [0.2, 0.25) is 0 Å². The largest absolute Gasteiger partial charge is 0.493 e. The zero-order valence-corrected chi connectivity index (χ0v) is 13.7. The Hall–Kier alpha value is -2.96. The van der Waals surface area contributed by atoms with Crippen molar-refractivity contribution in [3.8, 4) is 17.2 Å². The fourth-order valence-corrected chi connectivity index (χ4v) is 2.04. The molecule has 2 rings (SSSR count). The maximum atomic E-state index is 11.7. The normalized spacial score (nSPS) is 9.92. The second-order valence-corrected chi connectivity index (χ2v) is 4.81. The van der Waals surface area contributed by atoms with Crippen LogP contribution >= 0.6 is 0 Å². The Morgan fingerprint density at radius 3 is 2.62 bits per heavy atom. The van der Waals surface area contributed by atoms with Crippen LogP contribution in [0.5, 0.6) is 17.2 Å². The predicted octanol–water partition coefficient (Wildman–Crippen LogP) is 1.98. The molecule has 0 saturated carbocycles. The zero-order valence-electron chi connectivity index (χ0n) is 13.7. The van der Waals surface area contributed by atoms with E-state index in [4.69, 9.17) is 14.2 Å². The van der Waals surface area contributed by atoms with E-state index in [0.29, 0.717) is 36.9 Å². The highest BCUT2D eigenvalue weighted by Crippen LogP contribution is 2.36. The van der Waals surface area contributed by atoms with Gasteiger partial charge in [-0.25, -0.2) is 4.79 Å². The number of carbonyl (C=O) groups excluding carboxylic acids is 1. The second kappa shape index (κ2) is 9.24. The molecule has 1 heterocycles. The van der Waals surface area contributed by atoms with Gasteiger partial charge in [0.15, 0.2) is 11.5 Å². The number of hydrogen-bond acceptors (Lipinski definition) is 5. The van der Waals surface area contributed by atoms with E-state index in [1.165, 1.54) is 0 Å². The molecule has 2 aromatic rings. The quantitative estimate of drug-likeness (QED) is 0.723. The summed E-state index contributed by atoms with van der Waals surface area (Å²) in [4.78, 5) is 15.7. The van der Waals surface area contributed by atoms with E-state index < -0.39 is 0 Å². The summed E-state index contributed by atoms with van der Waals surface area (Å²) in [6, 6.07) is 8.83. The van der Waals surface area contributed by atoms with Gasteiger partial charge in [0.1, 0.15) is 6.61 Å². The number of urea groups is 1. The Morgan fingerprint density at radius 2 is 1.92 bits per heavy atom. The molecule has 7 heteroatoms. The lowest BCUT2D eigenvalue weighted by Crippen LogP contribution is -2.37. The van der Waals surface area contributed by atoms with Gasteiger partial charge in [0, 0.05) is 18.9 Å². The number of nitrogens with one attached hydrogen (secondary N) is 2. The third-order valence-corrected chi connectivity index (χ3v) is 3.19. The fraction of sp³-hybridized carbons (Fsp3) is 0.294. The molecule has 0 spiro atoms. The van der Waals surface area contributed by atoms with Crippen molar-refractivity contribution in [2.24, 2.45) is 0 Å². The molecule has 2 N–H and O–H groups in total. The number of methoxy groups -OCH3 is 2. The minimum atomic E-state index is -0.264. The van der Waals surface area contributed by atoms with Crippen molar-refractivity contribution in [3.63, 3.8) is 0 Å². The van der Waals surface area contributed by atoms with Crippen molar-refractivity contribution >= 4 is 6.03 Å². The van der Waals surface area contributed by atoms with Crippen LogP contribution in [0.25, 0.3) is 0 Å². The van der Waals surface area contributed by atoms with Gasteiger partial charge in [0.25, 0.3) is 0 Å². The van der Waals surface area contributed by atoms with E-state index in [1.54, 1.807) is 38.7 Å². The monoisotopic (exact) mass is 331 g/mol. The van der Waals surface area contributed by atoms with Gasteiger partial charge in [0.05, 0.1) is 20.8 Å². The molecular weight excluding hydrogens is 310 g/mol. The minimum Gasteiger partial charge on any atom is -0.493 e. The number of carbonyl (C=O) groups is 1. The number of pyridine rings is 1. The first-order valence-electron chi connectivity index (χ1n) is 7.49. The van der Waals surface area contributed by atoms with Crippen molar-refractivity contribution in [1.82, 2.24) is 15.6 Å². The number of ether oxygens (including phenoxy) is 3. The third kappa shape index (κ3) is 5.05. The van der Waals surface area contributed by atoms with E-state index in [-0.39, 0.29) is 6.03 Å². The highest BCUT2D eigenvalue weighted by Gasteiger charge is 2.10. The van der Waals surface area contributed by atoms with Gasteiger partial charge in [-0.15, -0.1) is 0 Å². The number of nitrogens with zero attached hydrogens (tertiary/aromatic N) is 1. The second-order valence-electron chi connectivity index (χ2n) is 4.81. The van der Waals surface area contributed by atoms with Crippen LogP contribution in [0.1, 0.15) is 5.56 Å². The first-order chi connectivity index (χ1) is 11.7. The van der Waals surface area contributed by atoms with Crippen LogP contribution in [0, 0.1) is 0 Å². The molecule has 0 aliphatic heterocycles. The maximum Gasteiger partial charge on any atom is 0.315 e. The van der Waals surface area contributed by atoms with Gasteiger partial charge in [-0.3, -0.25) is 4.98 Å². The molecule has 0 bridgehead atoms. The Bertz CT molecular complexity index is 650. The lowest BCUT2D eigenvalue weighted by molar-refractivity contribution is 0.235. The Balaban J connectivity index is 1.72. The standard InChI is InChI=1S/C17H21N3O4/c1-22-14-6-3-7-15(16(14)23-2)24-10-9-19-17(21)20-12-13-5-4-8-18-11-13/h3-8,11H,9-10,12H2,1-2H3,(H2,19,20,21). The minimum absolute atomic E-state index is 0.264. The molecule has 0 aliphatic carbocycles. The molecule has 7 nitrogen and oxygen atoms in total. The van der Waals surface area contributed by atoms with Gasteiger partial charge in [-0.05, 0) is 23.8 Å². The number of rotatable bonds is 8. The van der Waals surface area contributed by atoms with E-state index in [2.05, 4.69) is 15.6 Å². The van der Waals surface area contributed by atoms with Crippen molar-refractivity contribution in [1.29, 1.82) is 0 Å². The molecule has 24 heavy (non-hydrogen) atoms. The Labute approximate surface area is 140 Å². The molecule has 0 atom stereocenters. The molecule has 0 radical (unpaired) electrons. The number of amides is 2. The van der Waals surface area contributed by atoms with Gasteiger partial charge in [-0.1, -0.05) is 12.1 Å². The summed E-state index contributed by atoms with van der Waals surface area (Å²) in [5.74, 6) is 1.69. The molecule has 0 aliphatic rings. The van der Waals surface area contributed by atoms with Crippen LogP contribution in [0.4, 0.5) is 4.79 Å². The van der Waals surface area contributed by atoms with Crippen molar-refractivity contribution in [2.75, 3.05) is 27.4 Å². The molecule has 128 valence electrons. The summed E-state index contributed by atoms with van der Waals surface area (Å²) in [6.07, 6.45) is 3.40. The van der Waals surface area contributed by atoms with E-state index in [1.807, 2.05) is 18.2 Å². The first kappa shape index (κ1) is 17.4. The lowest BCUT2D eigenvalue weighted by Gasteiger charge is -2.14. The fourth-order valence-electron chi connectivity index (χ4n) is 2.04. The summed E-state index contributed by atoms with van der Waals surface area (Å²) in [5, 5.41) is 5.47. The van der Waals surface area contributed by atoms with E-state index in [9.17, 15) is 4.79 Å². The molecule has 1 aromatic heterocycles. The molecule has 1 aromatic carbocycles. The number of para-hydroxylation sites is 1. The summed E-state index contributed by atoms with van der Waals surface area (Å²) < 4.78 is 16.1. The van der Waals surface area contributed by atoms with Gasteiger partial charge in [0.2, 0.25) is 5.75 Å². The maximum absolute atomic E-state index is 11.7. The summed E-state index contributed by atoms with van der Waals surface area (Å²) in [6.45, 7) is 1.09. The summed E-state index contributed by atoms with van der Waals surface area (Å²) in [7, 11) is 3.12. The molecule has 2 amide bonds. The number of benzene rings is 1. The summed E-state index contributed by atoms with van der Waals surface area (Å²) in [5.41, 5.74) is 0.935. The third-order valence-electron chi connectivity index (χ3n) is 3.19. The van der Waals surface area contributed by atoms with Gasteiger partial charge < -0.3 is 24.8 Å². The van der Waals surface area contributed by atoms with Crippen LogP contribution in [-0.4, -0.2) is 38.4 Å². The number of aromatic nitrogens is 1. The van der Waals surface area contributed by atoms with Crippen molar-refractivity contribution in [3.05, 3.63) is 48.3 Å². The van der Waals surface area contributed by atoms with E-state index in [0.717, 1.165) is 5.56 Å². The topological polar surface area (TPSA) is 81.7 Å². The highest BCUT2D eigenvalue weighted by atomic mass is 16.5. The zero-order chi connectivity index (χ0) is 17.2. The SMILES string of the molecule is COc1cccc(OCCNC(=O)NCc2cccnc2)c1OC. The van der Waals surface area contributed by atoms with Crippen LogP contribution < -0.4 is 24.8 Å². The number of hydrogen-bond donors (Lipinski definition) is 2. The first-order valence-corrected chi connectivity index (χ1v) is 7.49. The van der Waals surface area contributed by atoms with Crippen molar-refractivity contribution < 1.29 is 19.0 Å². The average molecular weight is 331 g/mol. The summed E-state index contributed by atoms with van der Waals surface area (Å²) >= 11 is 0. The molecule has 0 saturated heterocycles. The van der Waals surface area contributed by atoms with Gasteiger partial charge >= 0.3 is 6.03 Å². The predicted molar refractivity (Wildman–Crippen MR) is 89.5 cm³/mol. The Morgan fingerprint density at radius 1 is 1.08 bits per heavy atom. The Kier molecular flexibility index (Phi) is 6.70. The average Bonchev–Trinajstić information content (AvgIpc) is 2.64. The highest BCUT2D eigenvalue weighted by molar-refractivity contribution is 5.73. The lowest BCUT2D eigenvalue weighted by atomic mass is 10.3. The van der Waals surface area contributed by atoms with Crippen LogP contribution in [0.3, 0.4) is 0 Å². The molecular formula is C17H21N3O4. The van der Waals surface area contributed by atoms with Crippen LogP contribution in [0.15, 0.2) is 42.7 Å². The smallest absolute Gasteiger partial charge is 0.315 e. The van der Waals surface area contributed by atoms with Gasteiger partial charge in [-0.2, -0.15) is 0 Å². The van der Waals surface area contributed by atoms with Crippen LogP contribution in [-0.2, 0) is 6.54 Å². The molecule has 0 unspecified atom stereocenters. The van der Waals surface area contributed by atoms with E-state index >= 15 is 0 Å². The molecule has 0 fully saturated rings.